The Kier molecular flexibility index (Phi) is 6.49. The van der Waals surface area contributed by atoms with Crippen molar-refractivity contribution >= 4 is 15.9 Å². The van der Waals surface area contributed by atoms with E-state index in [-0.39, 0.29) is 23.5 Å². The van der Waals surface area contributed by atoms with Crippen LogP contribution in [0, 0.1) is 6.92 Å². The molecule has 1 atom stereocenters. The van der Waals surface area contributed by atoms with Gasteiger partial charge in [-0.3, -0.25) is 4.79 Å². The van der Waals surface area contributed by atoms with Gasteiger partial charge in [0.15, 0.2) is 0 Å². The van der Waals surface area contributed by atoms with Gasteiger partial charge in [0, 0.05) is 32.3 Å². The van der Waals surface area contributed by atoms with E-state index in [1.165, 1.54) is 6.07 Å². The molecular weight excluding hydrogens is 376 g/mol. The lowest BCUT2D eigenvalue weighted by Gasteiger charge is -2.21. The van der Waals surface area contributed by atoms with Crippen LogP contribution in [0.5, 0.6) is 0 Å². The zero-order chi connectivity index (χ0) is 20.1. The third kappa shape index (κ3) is 4.98. The Morgan fingerprint density at radius 3 is 2.64 bits per heavy atom. The number of hydrogen-bond donors (Lipinski definition) is 1. The zero-order valence-corrected chi connectivity index (χ0v) is 17.0. The maximum Gasteiger partial charge on any atom is 0.253 e. The Balaban J connectivity index is 1.75. The maximum atomic E-state index is 12.8. The molecule has 0 aromatic heterocycles. The molecule has 7 heteroatoms. The van der Waals surface area contributed by atoms with Crippen LogP contribution in [0.1, 0.15) is 34.3 Å². The number of benzene rings is 2. The topological polar surface area (TPSA) is 75.7 Å². The predicted molar refractivity (Wildman–Crippen MR) is 108 cm³/mol. The van der Waals surface area contributed by atoms with E-state index in [2.05, 4.69) is 4.72 Å². The minimum absolute atomic E-state index is 0.0511. The third-order valence-corrected chi connectivity index (χ3v) is 6.43. The van der Waals surface area contributed by atoms with Crippen molar-refractivity contribution in [2.75, 3.05) is 20.2 Å². The standard InChI is InChI=1S/C21H26N2O4S/c1-16-10-11-18(21(24)23(2)15-19-9-6-12-27-19)13-20(16)28(25,26)22-14-17-7-4-3-5-8-17/h3-5,7-8,10-11,13,19,22H,6,9,12,14-15H2,1-2H3. The number of carbonyl (C=O) groups excluding carboxylic acids is 1. The Labute approximate surface area is 166 Å². The molecule has 1 N–H and O–H groups in total. The summed E-state index contributed by atoms with van der Waals surface area (Å²) in [5, 5.41) is 0. The summed E-state index contributed by atoms with van der Waals surface area (Å²) in [6.07, 6.45) is 2.00. The van der Waals surface area contributed by atoms with Crippen LogP contribution < -0.4 is 4.72 Å². The summed E-state index contributed by atoms with van der Waals surface area (Å²) >= 11 is 0. The summed E-state index contributed by atoms with van der Waals surface area (Å²) in [7, 11) is -2.02. The van der Waals surface area contributed by atoms with E-state index in [9.17, 15) is 13.2 Å². The molecule has 1 unspecified atom stereocenters. The summed E-state index contributed by atoms with van der Waals surface area (Å²) in [6.45, 7) is 3.15. The molecule has 1 fully saturated rings. The molecule has 0 spiro atoms. The summed E-state index contributed by atoms with van der Waals surface area (Å²) in [5.41, 5.74) is 1.82. The highest BCUT2D eigenvalue weighted by atomic mass is 32.2. The van der Waals surface area contributed by atoms with Crippen LogP contribution in [0.4, 0.5) is 0 Å². The van der Waals surface area contributed by atoms with E-state index >= 15 is 0 Å². The third-order valence-electron chi connectivity index (χ3n) is 4.88. The summed E-state index contributed by atoms with van der Waals surface area (Å²) < 4.78 is 33.8. The van der Waals surface area contributed by atoms with Crippen molar-refractivity contribution in [2.45, 2.75) is 37.3 Å². The first-order chi connectivity index (χ1) is 13.4. The minimum atomic E-state index is -3.74. The van der Waals surface area contributed by atoms with Crippen LogP contribution in [0.15, 0.2) is 53.4 Å². The van der Waals surface area contributed by atoms with Crippen LogP contribution in [0.2, 0.25) is 0 Å². The van der Waals surface area contributed by atoms with Gasteiger partial charge in [0.1, 0.15) is 0 Å². The Morgan fingerprint density at radius 1 is 1.21 bits per heavy atom. The molecule has 0 aliphatic carbocycles. The fraction of sp³-hybridized carbons (Fsp3) is 0.381. The number of aryl methyl sites for hydroxylation is 1. The monoisotopic (exact) mass is 402 g/mol. The fourth-order valence-electron chi connectivity index (χ4n) is 3.27. The highest BCUT2D eigenvalue weighted by molar-refractivity contribution is 7.89. The summed E-state index contributed by atoms with van der Waals surface area (Å²) in [4.78, 5) is 14.5. The molecule has 0 saturated carbocycles. The van der Waals surface area contributed by atoms with Gasteiger partial charge in [0.2, 0.25) is 10.0 Å². The second kappa shape index (κ2) is 8.86. The summed E-state index contributed by atoms with van der Waals surface area (Å²) in [5.74, 6) is -0.213. The average Bonchev–Trinajstić information content (AvgIpc) is 3.20. The molecule has 150 valence electrons. The Bertz CT molecular complexity index is 923. The molecule has 3 rings (SSSR count). The number of amides is 1. The lowest BCUT2D eigenvalue weighted by atomic mass is 10.1. The number of sulfonamides is 1. The highest BCUT2D eigenvalue weighted by Crippen LogP contribution is 2.20. The molecule has 1 heterocycles. The largest absolute Gasteiger partial charge is 0.376 e. The predicted octanol–water partition coefficient (Wildman–Crippen LogP) is 2.72. The van der Waals surface area contributed by atoms with Crippen molar-refractivity contribution in [1.29, 1.82) is 0 Å². The van der Waals surface area contributed by atoms with E-state index in [1.807, 2.05) is 30.3 Å². The molecule has 0 bridgehead atoms. The molecule has 1 amide bonds. The number of rotatable bonds is 7. The maximum absolute atomic E-state index is 12.8. The molecule has 6 nitrogen and oxygen atoms in total. The van der Waals surface area contributed by atoms with E-state index in [0.29, 0.717) is 17.7 Å². The van der Waals surface area contributed by atoms with Crippen LogP contribution in [0.3, 0.4) is 0 Å². The SMILES string of the molecule is Cc1ccc(C(=O)N(C)CC2CCCO2)cc1S(=O)(=O)NCc1ccccc1. The van der Waals surface area contributed by atoms with Gasteiger partial charge in [-0.05, 0) is 43.0 Å². The van der Waals surface area contributed by atoms with Crippen molar-refractivity contribution in [3.05, 3.63) is 65.2 Å². The van der Waals surface area contributed by atoms with Gasteiger partial charge >= 0.3 is 0 Å². The lowest BCUT2D eigenvalue weighted by Crippen LogP contribution is -2.34. The van der Waals surface area contributed by atoms with Gasteiger partial charge in [-0.1, -0.05) is 36.4 Å². The van der Waals surface area contributed by atoms with E-state index in [4.69, 9.17) is 4.74 Å². The molecule has 0 radical (unpaired) electrons. The second-order valence-corrected chi connectivity index (χ2v) is 8.85. The van der Waals surface area contributed by atoms with Crippen molar-refractivity contribution in [1.82, 2.24) is 9.62 Å². The number of carbonyl (C=O) groups is 1. The summed E-state index contributed by atoms with van der Waals surface area (Å²) in [6, 6.07) is 14.1. The first-order valence-electron chi connectivity index (χ1n) is 9.38. The first-order valence-corrected chi connectivity index (χ1v) is 10.9. The van der Waals surface area contributed by atoms with Crippen molar-refractivity contribution in [3.63, 3.8) is 0 Å². The van der Waals surface area contributed by atoms with Crippen LogP contribution >= 0.6 is 0 Å². The lowest BCUT2D eigenvalue weighted by molar-refractivity contribution is 0.0587. The molecular formula is C21H26N2O4S. The highest BCUT2D eigenvalue weighted by Gasteiger charge is 2.23. The van der Waals surface area contributed by atoms with Gasteiger partial charge in [0.25, 0.3) is 5.91 Å². The molecule has 1 aliphatic heterocycles. The average molecular weight is 403 g/mol. The van der Waals surface area contributed by atoms with Crippen molar-refractivity contribution < 1.29 is 17.9 Å². The van der Waals surface area contributed by atoms with Gasteiger partial charge in [-0.2, -0.15) is 0 Å². The fourth-order valence-corrected chi connectivity index (χ4v) is 4.56. The molecule has 1 aliphatic rings. The Morgan fingerprint density at radius 2 is 1.96 bits per heavy atom. The van der Waals surface area contributed by atoms with Crippen molar-refractivity contribution in [3.8, 4) is 0 Å². The van der Waals surface area contributed by atoms with Gasteiger partial charge in [0.05, 0.1) is 11.0 Å². The first kappa shape index (κ1) is 20.5. The van der Waals surface area contributed by atoms with Crippen LogP contribution in [0.25, 0.3) is 0 Å². The van der Waals surface area contributed by atoms with Crippen LogP contribution in [-0.4, -0.2) is 45.5 Å². The normalized spacial score (nSPS) is 16.9. The van der Waals surface area contributed by atoms with Gasteiger partial charge in [-0.15, -0.1) is 0 Å². The number of ether oxygens (including phenoxy) is 1. The minimum Gasteiger partial charge on any atom is -0.376 e. The van der Waals surface area contributed by atoms with Crippen LogP contribution in [-0.2, 0) is 21.3 Å². The quantitative estimate of drug-likeness (QED) is 0.773. The van der Waals surface area contributed by atoms with E-state index in [0.717, 1.165) is 25.0 Å². The molecule has 2 aromatic rings. The van der Waals surface area contributed by atoms with Gasteiger partial charge in [-0.25, -0.2) is 13.1 Å². The molecule has 1 saturated heterocycles. The van der Waals surface area contributed by atoms with E-state index < -0.39 is 10.0 Å². The zero-order valence-electron chi connectivity index (χ0n) is 16.2. The number of nitrogens with one attached hydrogen (secondary N) is 1. The van der Waals surface area contributed by atoms with Gasteiger partial charge < -0.3 is 9.64 Å². The second-order valence-electron chi connectivity index (χ2n) is 7.11. The van der Waals surface area contributed by atoms with E-state index in [1.54, 1.807) is 31.0 Å². The Hall–Kier alpha value is -2.22. The number of likely N-dealkylation sites (N-methyl/N-ethyl adjacent to an activating group) is 1. The number of hydrogen-bond acceptors (Lipinski definition) is 4. The molecule has 2 aromatic carbocycles. The van der Waals surface area contributed by atoms with Crippen molar-refractivity contribution in [2.24, 2.45) is 0 Å². The smallest absolute Gasteiger partial charge is 0.253 e. The number of nitrogens with zero attached hydrogens (tertiary/aromatic N) is 1. The molecule has 28 heavy (non-hydrogen) atoms.